The summed E-state index contributed by atoms with van der Waals surface area (Å²) in [4.78, 5) is 25.7. The standard InChI is InChI=1S/C18H23FN2O4/c1-25-12-7-8-21(10-12)16-4-2-3-15(16)20-17(22)13-6-5-11(18(23)24)9-14(13)19/h5-6,9,12,15-16H,2-4,7-8,10H2,1H3,(H,20,22)(H,23,24)/t12?,15-,16+/m0/s1. The van der Waals surface area contributed by atoms with E-state index in [0.29, 0.717) is 0 Å². The smallest absolute Gasteiger partial charge is 0.335 e. The fourth-order valence-corrected chi connectivity index (χ4v) is 3.87. The maximum Gasteiger partial charge on any atom is 0.335 e. The molecule has 0 aromatic heterocycles. The molecule has 25 heavy (non-hydrogen) atoms. The highest BCUT2D eigenvalue weighted by atomic mass is 19.1. The normalized spacial score (nSPS) is 26.7. The Bertz CT molecular complexity index is 666. The molecule has 1 amide bonds. The molecule has 3 rings (SSSR count). The van der Waals surface area contributed by atoms with Crippen molar-refractivity contribution in [1.29, 1.82) is 0 Å². The molecule has 6 nitrogen and oxygen atoms in total. The number of methoxy groups -OCH3 is 1. The third kappa shape index (κ3) is 3.82. The number of hydrogen-bond donors (Lipinski definition) is 2. The SMILES string of the molecule is COC1CCN([C@@H]2CCC[C@@H]2NC(=O)c2ccc(C(=O)O)cc2F)C1. The average Bonchev–Trinajstić information content (AvgIpc) is 3.23. The van der Waals surface area contributed by atoms with Crippen molar-refractivity contribution in [1.82, 2.24) is 10.2 Å². The number of hydrogen-bond acceptors (Lipinski definition) is 4. The van der Waals surface area contributed by atoms with Gasteiger partial charge < -0.3 is 15.2 Å². The van der Waals surface area contributed by atoms with Crippen molar-refractivity contribution in [2.24, 2.45) is 0 Å². The number of likely N-dealkylation sites (tertiary alicyclic amines) is 1. The van der Waals surface area contributed by atoms with E-state index in [2.05, 4.69) is 10.2 Å². The van der Waals surface area contributed by atoms with Crippen molar-refractivity contribution in [2.75, 3.05) is 20.2 Å². The predicted molar refractivity (Wildman–Crippen MR) is 89.2 cm³/mol. The van der Waals surface area contributed by atoms with Gasteiger partial charge in [-0.05, 0) is 43.9 Å². The maximum atomic E-state index is 14.1. The van der Waals surface area contributed by atoms with E-state index in [1.807, 2.05) is 0 Å². The summed E-state index contributed by atoms with van der Waals surface area (Å²) in [6.07, 6.45) is 4.10. The Morgan fingerprint density at radius 2 is 2.12 bits per heavy atom. The average molecular weight is 350 g/mol. The lowest BCUT2D eigenvalue weighted by molar-refractivity contribution is 0.0695. The number of carboxylic acid groups (broad SMARTS) is 1. The van der Waals surface area contributed by atoms with Crippen molar-refractivity contribution < 1.29 is 23.8 Å². The number of carboxylic acids is 1. The molecule has 1 heterocycles. The number of aromatic carboxylic acids is 1. The summed E-state index contributed by atoms with van der Waals surface area (Å²) in [6.45, 7) is 1.80. The summed E-state index contributed by atoms with van der Waals surface area (Å²) >= 11 is 0. The molecule has 1 saturated heterocycles. The Kier molecular flexibility index (Phi) is 5.34. The second kappa shape index (κ2) is 7.49. The lowest BCUT2D eigenvalue weighted by Gasteiger charge is -2.30. The first-order valence-corrected chi connectivity index (χ1v) is 8.60. The third-order valence-electron chi connectivity index (χ3n) is 5.24. The first kappa shape index (κ1) is 17.8. The number of carbonyl (C=O) groups excluding carboxylic acids is 1. The molecule has 2 N–H and O–H groups in total. The van der Waals surface area contributed by atoms with Crippen LogP contribution in [0.1, 0.15) is 46.4 Å². The van der Waals surface area contributed by atoms with Gasteiger partial charge in [0.05, 0.1) is 17.2 Å². The summed E-state index contributed by atoms with van der Waals surface area (Å²) in [7, 11) is 1.71. The Morgan fingerprint density at radius 3 is 2.76 bits per heavy atom. The highest BCUT2D eigenvalue weighted by Crippen LogP contribution is 2.28. The van der Waals surface area contributed by atoms with Gasteiger partial charge in [-0.15, -0.1) is 0 Å². The zero-order valence-electron chi connectivity index (χ0n) is 14.2. The molecule has 7 heteroatoms. The second-order valence-corrected chi connectivity index (χ2v) is 6.72. The van der Waals surface area contributed by atoms with Crippen LogP contribution in [0.4, 0.5) is 4.39 Å². The van der Waals surface area contributed by atoms with Gasteiger partial charge in [0.15, 0.2) is 0 Å². The van der Waals surface area contributed by atoms with Crippen LogP contribution < -0.4 is 5.32 Å². The molecule has 1 aliphatic heterocycles. The number of ether oxygens (including phenoxy) is 1. The van der Waals surface area contributed by atoms with Gasteiger partial charge in [-0.1, -0.05) is 0 Å². The summed E-state index contributed by atoms with van der Waals surface area (Å²) in [5.41, 5.74) is -0.290. The molecule has 1 aromatic rings. The predicted octanol–water partition coefficient (Wildman–Crippen LogP) is 1.90. The Hall–Kier alpha value is -1.99. The number of carbonyl (C=O) groups is 2. The number of halogens is 1. The van der Waals surface area contributed by atoms with Crippen molar-refractivity contribution in [3.05, 3.63) is 35.1 Å². The largest absolute Gasteiger partial charge is 0.478 e. The highest BCUT2D eigenvalue weighted by molar-refractivity contribution is 5.96. The van der Waals surface area contributed by atoms with Gasteiger partial charge in [-0.2, -0.15) is 0 Å². The number of amides is 1. The van der Waals surface area contributed by atoms with E-state index in [-0.39, 0.29) is 29.3 Å². The lowest BCUT2D eigenvalue weighted by Crippen LogP contribution is -2.48. The van der Waals surface area contributed by atoms with Crippen LogP contribution in [-0.2, 0) is 4.74 Å². The topological polar surface area (TPSA) is 78.9 Å². The first-order chi connectivity index (χ1) is 12.0. The van der Waals surface area contributed by atoms with Crippen LogP contribution in [0.2, 0.25) is 0 Å². The van der Waals surface area contributed by atoms with Gasteiger partial charge >= 0.3 is 5.97 Å². The van der Waals surface area contributed by atoms with Crippen molar-refractivity contribution in [3.63, 3.8) is 0 Å². The van der Waals surface area contributed by atoms with Crippen molar-refractivity contribution in [2.45, 2.75) is 43.9 Å². The fraction of sp³-hybridized carbons (Fsp3) is 0.556. The second-order valence-electron chi connectivity index (χ2n) is 6.72. The summed E-state index contributed by atoms with van der Waals surface area (Å²) in [5.74, 6) is -2.52. The monoisotopic (exact) mass is 350 g/mol. The minimum Gasteiger partial charge on any atom is -0.478 e. The quantitative estimate of drug-likeness (QED) is 0.848. The van der Waals surface area contributed by atoms with E-state index >= 15 is 0 Å². The van der Waals surface area contributed by atoms with Crippen LogP contribution >= 0.6 is 0 Å². The van der Waals surface area contributed by atoms with Crippen LogP contribution in [0.5, 0.6) is 0 Å². The molecule has 2 fully saturated rings. The van der Waals surface area contributed by atoms with Crippen LogP contribution in [0.15, 0.2) is 18.2 Å². The van der Waals surface area contributed by atoms with Crippen LogP contribution in [0.25, 0.3) is 0 Å². The van der Waals surface area contributed by atoms with E-state index < -0.39 is 17.7 Å². The zero-order valence-corrected chi connectivity index (χ0v) is 14.2. The van der Waals surface area contributed by atoms with E-state index in [0.717, 1.165) is 44.8 Å². The van der Waals surface area contributed by atoms with Crippen molar-refractivity contribution in [3.8, 4) is 0 Å². The molecule has 1 unspecified atom stereocenters. The Balaban J connectivity index is 1.67. The molecule has 1 saturated carbocycles. The van der Waals surface area contributed by atoms with Crippen LogP contribution in [0, 0.1) is 5.82 Å². The molecule has 1 aliphatic carbocycles. The molecule has 0 bridgehead atoms. The third-order valence-corrected chi connectivity index (χ3v) is 5.24. The van der Waals surface area contributed by atoms with E-state index in [1.165, 1.54) is 12.1 Å². The van der Waals surface area contributed by atoms with Gasteiger partial charge in [-0.3, -0.25) is 9.69 Å². The van der Waals surface area contributed by atoms with Crippen LogP contribution in [0.3, 0.4) is 0 Å². The van der Waals surface area contributed by atoms with Crippen molar-refractivity contribution >= 4 is 11.9 Å². The summed E-state index contributed by atoms with van der Waals surface area (Å²) in [5, 5.41) is 11.8. The van der Waals surface area contributed by atoms with E-state index in [9.17, 15) is 14.0 Å². The van der Waals surface area contributed by atoms with Gasteiger partial charge in [-0.25, -0.2) is 9.18 Å². The summed E-state index contributed by atoms with van der Waals surface area (Å²) in [6, 6.07) is 3.57. The zero-order chi connectivity index (χ0) is 18.0. The van der Waals surface area contributed by atoms with E-state index in [4.69, 9.17) is 9.84 Å². The van der Waals surface area contributed by atoms with Gasteiger partial charge in [0.2, 0.25) is 0 Å². The number of benzene rings is 1. The molecule has 1 aromatic carbocycles. The van der Waals surface area contributed by atoms with Gasteiger partial charge in [0, 0.05) is 32.3 Å². The molecule has 136 valence electrons. The molecule has 0 spiro atoms. The number of rotatable bonds is 5. The molecule has 2 aliphatic rings. The minimum atomic E-state index is -1.22. The lowest BCUT2D eigenvalue weighted by atomic mass is 10.1. The highest BCUT2D eigenvalue weighted by Gasteiger charge is 2.37. The molecule has 0 radical (unpaired) electrons. The maximum absolute atomic E-state index is 14.1. The summed E-state index contributed by atoms with van der Waals surface area (Å²) < 4.78 is 19.5. The van der Waals surface area contributed by atoms with Gasteiger partial charge in [0.25, 0.3) is 5.91 Å². The minimum absolute atomic E-state index is 0.0262. The molecule has 3 atom stereocenters. The van der Waals surface area contributed by atoms with E-state index in [1.54, 1.807) is 7.11 Å². The number of nitrogens with zero attached hydrogens (tertiary/aromatic N) is 1. The van der Waals surface area contributed by atoms with Crippen LogP contribution in [-0.4, -0.2) is 60.3 Å². The Morgan fingerprint density at radius 1 is 1.32 bits per heavy atom. The Labute approximate surface area is 146 Å². The number of nitrogens with one attached hydrogen (secondary N) is 1. The fourth-order valence-electron chi connectivity index (χ4n) is 3.87. The molecular weight excluding hydrogens is 327 g/mol. The molecular formula is C18H23FN2O4. The first-order valence-electron chi connectivity index (χ1n) is 8.60. The van der Waals surface area contributed by atoms with Gasteiger partial charge in [0.1, 0.15) is 5.82 Å².